The zero-order chi connectivity index (χ0) is 23.5. The van der Waals surface area contributed by atoms with Crippen molar-refractivity contribution >= 4 is 45.2 Å². The summed E-state index contributed by atoms with van der Waals surface area (Å²) in [5, 5.41) is 0. The molecule has 1 aliphatic rings. The zero-order valence-electron chi connectivity index (χ0n) is 18.1. The average Bonchev–Trinajstić information content (AvgIpc) is 3.25. The first-order valence-electron chi connectivity index (χ1n) is 10.4. The molecule has 1 aliphatic heterocycles. The van der Waals surface area contributed by atoms with Gasteiger partial charge in [-0.05, 0) is 38.1 Å². The molecule has 0 atom stereocenters. The van der Waals surface area contributed by atoms with Crippen LogP contribution in [0.15, 0.2) is 47.5 Å². The third-order valence-electron chi connectivity index (χ3n) is 4.95. The fourth-order valence-corrected chi connectivity index (χ4v) is 4.66. The zero-order valence-corrected chi connectivity index (χ0v) is 18.9. The highest BCUT2D eigenvalue weighted by atomic mass is 32.1. The van der Waals surface area contributed by atoms with Crippen molar-refractivity contribution in [2.75, 3.05) is 19.8 Å². The first kappa shape index (κ1) is 22.4. The number of amides is 3. The van der Waals surface area contributed by atoms with E-state index in [4.69, 9.17) is 9.47 Å². The van der Waals surface area contributed by atoms with Crippen molar-refractivity contribution in [1.82, 2.24) is 9.47 Å². The lowest BCUT2D eigenvalue weighted by Gasteiger charge is -2.11. The molecular weight excluding hydrogens is 446 g/mol. The maximum absolute atomic E-state index is 12.8. The molecular formula is C23H21N3O6S. The highest BCUT2D eigenvalue weighted by Crippen LogP contribution is 2.28. The van der Waals surface area contributed by atoms with Crippen molar-refractivity contribution in [3.05, 3.63) is 58.4 Å². The molecule has 0 saturated heterocycles. The van der Waals surface area contributed by atoms with Crippen molar-refractivity contribution in [2.45, 2.75) is 20.4 Å². The third-order valence-corrected chi connectivity index (χ3v) is 5.99. The van der Waals surface area contributed by atoms with Gasteiger partial charge in [-0.3, -0.25) is 24.1 Å². The number of hydrogen-bond acceptors (Lipinski definition) is 7. The molecule has 4 rings (SSSR count). The lowest BCUT2D eigenvalue weighted by Crippen LogP contribution is -2.35. The monoisotopic (exact) mass is 467 g/mol. The van der Waals surface area contributed by atoms with E-state index in [9.17, 15) is 19.2 Å². The van der Waals surface area contributed by atoms with Crippen molar-refractivity contribution in [3.8, 4) is 5.75 Å². The number of carbonyl (C=O) groups is 4. The molecule has 2 heterocycles. The largest absolute Gasteiger partial charge is 0.492 e. The van der Waals surface area contributed by atoms with E-state index in [0.29, 0.717) is 17.9 Å². The normalized spacial score (nSPS) is 13.5. The summed E-state index contributed by atoms with van der Waals surface area (Å²) in [4.78, 5) is 55.4. The molecule has 3 aromatic rings. The van der Waals surface area contributed by atoms with Crippen molar-refractivity contribution in [2.24, 2.45) is 4.99 Å². The molecule has 9 nitrogen and oxygen atoms in total. The smallest absolute Gasteiger partial charge is 0.326 e. The topological polar surface area (TPSA) is 107 Å². The molecule has 33 heavy (non-hydrogen) atoms. The van der Waals surface area contributed by atoms with E-state index < -0.39 is 30.2 Å². The fourth-order valence-electron chi connectivity index (χ4n) is 3.60. The summed E-state index contributed by atoms with van der Waals surface area (Å²) in [5.41, 5.74) is 1.14. The molecule has 1 aromatic heterocycles. The van der Waals surface area contributed by atoms with Gasteiger partial charge in [0.2, 0.25) is 0 Å². The molecule has 0 bridgehead atoms. The molecule has 0 aliphatic carbocycles. The van der Waals surface area contributed by atoms with Gasteiger partial charge in [0.1, 0.15) is 24.4 Å². The molecule has 3 amide bonds. The number of hydrogen-bond donors (Lipinski definition) is 0. The Labute approximate surface area is 192 Å². The van der Waals surface area contributed by atoms with Gasteiger partial charge >= 0.3 is 5.97 Å². The molecule has 0 radical (unpaired) electrons. The first-order chi connectivity index (χ1) is 15.9. The van der Waals surface area contributed by atoms with Gasteiger partial charge in [-0.2, -0.15) is 4.99 Å². The Morgan fingerprint density at radius 2 is 1.64 bits per heavy atom. The number of benzene rings is 2. The summed E-state index contributed by atoms with van der Waals surface area (Å²) in [6.45, 7) is 3.51. The van der Waals surface area contributed by atoms with E-state index in [1.807, 2.05) is 19.1 Å². The van der Waals surface area contributed by atoms with E-state index in [0.717, 1.165) is 9.60 Å². The van der Waals surface area contributed by atoms with E-state index in [-0.39, 0.29) is 29.1 Å². The number of rotatable bonds is 7. The summed E-state index contributed by atoms with van der Waals surface area (Å²) in [6.07, 6.45) is 0. The number of thiazole rings is 1. The molecule has 10 heteroatoms. The molecule has 0 saturated carbocycles. The number of nitrogens with zero attached hydrogens (tertiary/aromatic N) is 3. The average molecular weight is 468 g/mol. The minimum absolute atomic E-state index is 0.170. The van der Waals surface area contributed by atoms with Gasteiger partial charge in [0.25, 0.3) is 17.7 Å². The number of imide groups is 1. The second-order valence-electron chi connectivity index (χ2n) is 7.06. The molecule has 0 spiro atoms. The SMILES string of the molecule is CCOC(=O)Cn1c(=NC(=O)CN2C(=O)c3ccccc3C2=O)sc2cccc(OCC)c21. The quantitative estimate of drug-likeness (QED) is 0.390. The van der Waals surface area contributed by atoms with Crippen LogP contribution in [0.4, 0.5) is 0 Å². The lowest BCUT2D eigenvalue weighted by atomic mass is 10.1. The number of fused-ring (bicyclic) bond motifs is 2. The van der Waals surface area contributed by atoms with Crippen LogP contribution in [0.3, 0.4) is 0 Å². The third kappa shape index (κ3) is 4.29. The van der Waals surface area contributed by atoms with E-state index in [1.54, 1.807) is 41.8 Å². The lowest BCUT2D eigenvalue weighted by molar-refractivity contribution is -0.143. The van der Waals surface area contributed by atoms with Crippen LogP contribution in [-0.2, 0) is 20.9 Å². The predicted octanol–water partition coefficient (Wildman–Crippen LogP) is 2.39. The number of ether oxygens (including phenoxy) is 2. The van der Waals surface area contributed by atoms with Crippen LogP contribution in [-0.4, -0.2) is 52.9 Å². The Morgan fingerprint density at radius 1 is 0.939 bits per heavy atom. The summed E-state index contributed by atoms with van der Waals surface area (Å²) in [5.74, 6) is -1.70. The van der Waals surface area contributed by atoms with Gasteiger partial charge in [-0.1, -0.05) is 29.5 Å². The minimum Gasteiger partial charge on any atom is -0.492 e. The van der Waals surface area contributed by atoms with Crippen molar-refractivity contribution in [3.63, 3.8) is 0 Å². The van der Waals surface area contributed by atoms with Crippen LogP contribution >= 0.6 is 11.3 Å². The van der Waals surface area contributed by atoms with Gasteiger partial charge in [0.15, 0.2) is 4.80 Å². The number of aromatic nitrogens is 1. The van der Waals surface area contributed by atoms with Gasteiger partial charge in [-0.15, -0.1) is 0 Å². The Balaban J connectivity index is 1.71. The Morgan fingerprint density at radius 3 is 2.27 bits per heavy atom. The predicted molar refractivity (Wildman–Crippen MR) is 120 cm³/mol. The van der Waals surface area contributed by atoms with Crippen molar-refractivity contribution in [1.29, 1.82) is 0 Å². The van der Waals surface area contributed by atoms with Crippen LogP contribution in [0.5, 0.6) is 5.75 Å². The second-order valence-corrected chi connectivity index (χ2v) is 8.07. The summed E-state index contributed by atoms with van der Waals surface area (Å²) in [6, 6.07) is 11.8. The number of para-hydroxylation sites is 1. The molecule has 0 N–H and O–H groups in total. The number of carbonyl (C=O) groups excluding carboxylic acids is 4. The van der Waals surface area contributed by atoms with Crippen molar-refractivity contribution < 1.29 is 28.7 Å². The van der Waals surface area contributed by atoms with Gasteiger partial charge in [0.05, 0.1) is 29.0 Å². The summed E-state index contributed by atoms with van der Waals surface area (Å²) in [7, 11) is 0. The standard InChI is InChI=1S/C23H21N3O6S/c1-3-31-16-10-7-11-17-20(16)25(13-19(28)32-4-2)23(33-17)24-18(27)12-26-21(29)14-8-5-6-9-15(14)22(26)30/h5-11H,3-4,12-13H2,1-2H3. The van der Waals surface area contributed by atoms with Crippen LogP contribution in [0.25, 0.3) is 10.2 Å². The molecule has 2 aromatic carbocycles. The van der Waals surface area contributed by atoms with E-state index >= 15 is 0 Å². The highest BCUT2D eigenvalue weighted by Gasteiger charge is 2.36. The van der Waals surface area contributed by atoms with Gasteiger partial charge in [-0.25, -0.2) is 0 Å². The maximum Gasteiger partial charge on any atom is 0.326 e. The fraction of sp³-hybridized carbons (Fsp3) is 0.261. The maximum atomic E-state index is 12.8. The van der Waals surface area contributed by atoms with E-state index in [2.05, 4.69) is 4.99 Å². The number of esters is 1. The highest BCUT2D eigenvalue weighted by molar-refractivity contribution is 7.16. The summed E-state index contributed by atoms with van der Waals surface area (Å²) >= 11 is 1.20. The Kier molecular flexibility index (Phi) is 6.36. The molecule has 0 fully saturated rings. The second kappa shape index (κ2) is 9.37. The Bertz CT molecular complexity index is 1300. The first-order valence-corrected chi connectivity index (χ1v) is 11.2. The summed E-state index contributed by atoms with van der Waals surface area (Å²) < 4.78 is 13.1. The van der Waals surface area contributed by atoms with Crippen LogP contribution in [0.2, 0.25) is 0 Å². The van der Waals surface area contributed by atoms with E-state index in [1.165, 1.54) is 11.3 Å². The van der Waals surface area contributed by atoms with Gasteiger partial charge < -0.3 is 14.0 Å². The Hall–Kier alpha value is -3.79. The molecule has 0 unspecified atom stereocenters. The molecule has 170 valence electrons. The minimum atomic E-state index is -0.688. The van der Waals surface area contributed by atoms with Crippen LogP contribution < -0.4 is 9.54 Å². The van der Waals surface area contributed by atoms with Gasteiger partial charge in [0, 0.05) is 0 Å². The van der Waals surface area contributed by atoms with Crippen LogP contribution in [0, 0.1) is 0 Å². The van der Waals surface area contributed by atoms with Crippen LogP contribution in [0.1, 0.15) is 34.6 Å².